The van der Waals surface area contributed by atoms with Gasteiger partial charge in [-0.25, -0.2) is 0 Å². The lowest BCUT2D eigenvalue weighted by molar-refractivity contribution is -0.119. The number of primary amides is 1. The van der Waals surface area contributed by atoms with Gasteiger partial charge >= 0.3 is 0 Å². The Balaban J connectivity index is 2.12. The van der Waals surface area contributed by atoms with Crippen LogP contribution in [0.1, 0.15) is 27.2 Å². The Kier molecular flexibility index (Phi) is 5.47. The predicted molar refractivity (Wildman–Crippen MR) is 86.0 cm³/mol. The van der Waals surface area contributed by atoms with Crippen LogP contribution < -0.4 is 15.8 Å². The number of aryl methyl sites for hydroxylation is 1. The van der Waals surface area contributed by atoms with Crippen LogP contribution in [0.15, 0.2) is 36.5 Å². The first-order chi connectivity index (χ1) is 11.5. The fourth-order valence-electron chi connectivity index (χ4n) is 2.02. The Morgan fingerprint density at radius 2 is 2.12 bits per heavy atom. The number of nitrogens with two attached hydrogens (primary N) is 1. The van der Waals surface area contributed by atoms with Gasteiger partial charge in [0.05, 0.1) is 11.6 Å². The van der Waals surface area contributed by atoms with E-state index in [4.69, 9.17) is 15.7 Å². The van der Waals surface area contributed by atoms with Crippen LogP contribution in [0.2, 0.25) is 0 Å². The molecule has 0 bridgehead atoms. The lowest BCUT2D eigenvalue weighted by atomic mass is 10.1. The molecule has 2 rings (SSSR count). The number of aromatic nitrogens is 1. The Hall–Kier alpha value is -3.40. The lowest BCUT2D eigenvalue weighted by Gasteiger charge is -2.12. The van der Waals surface area contributed by atoms with Crippen molar-refractivity contribution in [2.75, 3.05) is 6.61 Å². The molecule has 0 fully saturated rings. The number of rotatable bonds is 6. The summed E-state index contributed by atoms with van der Waals surface area (Å²) in [5, 5.41) is 11.7. The van der Waals surface area contributed by atoms with Gasteiger partial charge in [-0.2, -0.15) is 5.26 Å². The minimum Gasteiger partial charge on any atom is -0.483 e. The second-order valence-electron chi connectivity index (χ2n) is 5.06. The van der Waals surface area contributed by atoms with Crippen LogP contribution in [0.25, 0.3) is 0 Å². The van der Waals surface area contributed by atoms with Gasteiger partial charge in [-0.15, -0.1) is 0 Å². The summed E-state index contributed by atoms with van der Waals surface area (Å²) in [4.78, 5) is 27.1. The first-order valence-electron chi connectivity index (χ1n) is 7.14. The molecule has 0 atom stereocenters. The van der Waals surface area contributed by atoms with Crippen LogP contribution in [0.5, 0.6) is 5.75 Å². The molecule has 1 heterocycles. The Bertz CT molecular complexity index is 812. The highest BCUT2D eigenvalue weighted by Gasteiger charge is 2.10. The Morgan fingerprint density at radius 1 is 1.33 bits per heavy atom. The van der Waals surface area contributed by atoms with E-state index in [1.165, 1.54) is 6.07 Å². The van der Waals surface area contributed by atoms with E-state index >= 15 is 0 Å². The molecule has 0 aliphatic rings. The standard InChI is InChI=1S/C17H16N4O3/c1-11-6-13(4-5-20-11)17(23)21-9-14-3-2-12(8-18)7-15(14)24-10-16(19)22/h2-7H,9-10H2,1H3,(H2,19,22)(H,21,23). The van der Waals surface area contributed by atoms with E-state index in [0.29, 0.717) is 22.4 Å². The minimum absolute atomic E-state index is 0.181. The number of hydrogen-bond donors (Lipinski definition) is 2. The summed E-state index contributed by atoms with van der Waals surface area (Å²) < 4.78 is 5.31. The SMILES string of the molecule is Cc1cc(C(=O)NCc2ccc(C#N)cc2OCC(N)=O)ccn1. The number of nitriles is 1. The van der Waals surface area contributed by atoms with Crippen molar-refractivity contribution in [3.05, 3.63) is 58.9 Å². The predicted octanol–water partition coefficient (Wildman–Crippen LogP) is 1.06. The zero-order valence-electron chi connectivity index (χ0n) is 13.1. The van der Waals surface area contributed by atoms with Crippen molar-refractivity contribution in [1.82, 2.24) is 10.3 Å². The normalized spacial score (nSPS) is 9.83. The van der Waals surface area contributed by atoms with Crippen LogP contribution in [0.4, 0.5) is 0 Å². The van der Waals surface area contributed by atoms with Crippen molar-refractivity contribution >= 4 is 11.8 Å². The molecule has 0 saturated carbocycles. The summed E-state index contributed by atoms with van der Waals surface area (Å²) in [7, 11) is 0. The van der Waals surface area contributed by atoms with Gasteiger partial charge in [0.25, 0.3) is 11.8 Å². The van der Waals surface area contributed by atoms with Gasteiger partial charge in [0.15, 0.2) is 6.61 Å². The molecular weight excluding hydrogens is 308 g/mol. The highest BCUT2D eigenvalue weighted by atomic mass is 16.5. The van der Waals surface area contributed by atoms with Gasteiger partial charge < -0.3 is 15.8 Å². The molecule has 7 nitrogen and oxygen atoms in total. The monoisotopic (exact) mass is 324 g/mol. The average molecular weight is 324 g/mol. The van der Waals surface area contributed by atoms with E-state index in [1.807, 2.05) is 6.07 Å². The van der Waals surface area contributed by atoms with Gasteiger partial charge in [-0.1, -0.05) is 6.07 Å². The summed E-state index contributed by atoms with van der Waals surface area (Å²) in [6.07, 6.45) is 1.56. The minimum atomic E-state index is -0.625. The number of hydrogen-bond acceptors (Lipinski definition) is 5. The summed E-state index contributed by atoms with van der Waals surface area (Å²) in [5.74, 6) is -0.552. The molecule has 1 aromatic heterocycles. The van der Waals surface area contributed by atoms with Crippen LogP contribution in [-0.2, 0) is 11.3 Å². The first kappa shape index (κ1) is 17.0. The Labute approximate surface area is 139 Å². The molecule has 2 amide bonds. The molecule has 122 valence electrons. The van der Waals surface area contributed by atoms with Crippen molar-refractivity contribution in [1.29, 1.82) is 5.26 Å². The highest BCUT2D eigenvalue weighted by Crippen LogP contribution is 2.20. The molecule has 0 saturated heterocycles. The van der Waals surface area contributed by atoms with Crippen LogP contribution in [-0.4, -0.2) is 23.4 Å². The largest absolute Gasteiger partial charge is 0.483 e. The summed E-state index contributed by atoms with van der Waals surface area (Å²) in [6, 6.07) is 10.1. The van der Waals surface area contributed by atoms with Gasteiger partial charge in [-0.05, 0) is 31.2 Å². The second kappa shape index (κ2) is 7.74. The molecule has 0 aliphatic heterocycles. The summed E-state index contributed by atoms with van der Waals surface area (Å²) in [5.41, 5.74) is 7.32. The van der Waals surface area contributed by atoms with Gasteiger partial charge in [0.2, 0.25) is 0 Å². The number of amides is 2. The zero-order chi connectivity index (χ0) is 17.5. The fraction of sp³-hybridized carbons (Fsp3) is 0.176. The lowest BCUT2D eigenvalue weighted by Crippen LogP contribution is -2.24. The van der Waals surface area contributed by atoms with Crippen molar-refractivity contribution in [2.45, 2.75) is 13.5 Å². The van der Waals surface area contributed by atoms with E-state index < -0.39 is 5.91 Å². The number of pyridine rings is 1. The van der Waals surface area contributed by atoms with Gasteiger partial charge in [-0.3, -0.25) is 14.6 Å². The average Bonchev–Trinajstić information content (AvgIpc) is 2.58. The third kappa shape index (κ3) is 4.55. The molecule has 2 aromatic rings. The quantitative estimate of drug-likeness (QED) is 0.823. The van der Waals surface area contributed by atoms with E-state index in [0.717, 1.165) is 5.69 Å². The van der Waals surface area contributed by atoms with E-state index in [9.17, 15) is 9.59 Å². The molecule has 0 radical (unpaired) electrons. The maximum absolute atomic E-state index is 12.2. The van der Waals surface area contributed by atoms with Crippen LogP contribution in [0, 0.1) is 18.3 Å². The molecule has 7 heteroatoms. The topological polar surface area (TPSA) is 118 Å². The number of carbonyl (C=O) groups is 2. The number of ether oxygens (including phenoxy) is 1. The summed E-state index contributed by atoms with van der Waals surface area (Å²) in [6.45, 7) is 1.67. The third-order valence-electron chi connectivity index (χ3n) is 3.16. The Morgan fingerprint density at radius 3 is 2.79 bits per heavy atom. The van der Waals surface area contributed by atoms with Crippen molar-refractivity contribution in [3.8, 4) is 11.8 Å². The third-order valence-corrected chi connectivity index (χ3v) is 3.16. The van der Waals surface area contributed by atoms with Gasteiger partial charge in [0, 0.05) is 29.6 Å². The number of carbonyl (C=O) groups excluding carboxylic acids is 2. The molecule has 24 heavy (non-hydrogen) atoms. The fourth-order valence-corrected chi connectivity index (χ4v) is 2.02. The molecule has 1 aromatic carbocycles. The molecule has 3 N–H and O–H groups in total. The number of nitrogens with zero attached hydrogens (tertiary/aromatic N) is 2. The second-order valence-corrected chi connectivity index (χ2v) is 5.06. The zero-order valence-corrected chi connectivity index (χ0v) is 13.1. The van der Waals surface area contributed by atoms with E-state index in [1.54, 1.807) is 37.4 Å². The van der Waals surface area contributed by atoms with Crippen molar-refractivity contribution < 1.29 is 14.3 Å². The highest BCUT2D eigenvalue weighted by molar-refractivity contribution is 5.94. The van der Waals surface area contributed by atoms with Crippen molar-refractivity contribution in [2.24, 2.45) is 5.73 Å². The van der Waals surface area contributed by atoms with Gasteiger partial charge in [0.1, 0.15) is 5.75 Å². The maximum atomic E-state index is 12.2. The van der Waals surface area contributed by atoms with E-state index in [-0.39, 0.29) is 19.1 Å². The molecule has 0 spiro atoms. The first-order valence-corrected chi connectivity index (χ1v) is 7.14. The number of nitrogens with one attached hydrogen (secondary N) is 1. The van der Waals surface area contributed by atoms with Crippen LogP contribution >= 0.6 is 0 Å². The molecule has 0 unspecified atom stereocenters. The van der Waals surface area contributed by atoms with E-state index in [2.05, 4.69) is 10.3 Å². The molecular formula is C17H16N4O3. The molecule has 0 aliphatic carbocycles. The van der Waals surface area contributed by atoms with Crippen LogP contribution in [0.3, 0.4) is 0 Å². The maximum Gasteiger partial charge on any atom is 0.255 e. The van der Waals surface area contributed by atoms with Crippen molar-refractivity contribution in [3.63, 3.8) is 0 Å². The summed E-state index contributed by atoms with van der Waals surface area (Å²) >= 11 is 0. The smallest absolute Gasteiger partial charge is 0.255 e. The number of benzene rings is 1.